The second kappa shape index (κ2) is 4.43. The molecule has 2 N–H and O–H groups in total. The largest absolute Gasteiger partial charge is 0.378 e. The molecule has 2 rings (SSSR count). The van der Waals surface area contributed by atoms with Crippen LogP contribution in [0.5, 0.6) is 0 Å². The highest BCUT2D eigenvalue weighted by Crippen LogP contribution is 2.15. The van der Waals surface area contributed by atoms with E-state index in [0.29, 0.717) is 6.54 Å². The second-order valence-corrected chi connectivity index (χ2v) is 3.29. The quantitative estimate of drug-likeness (QED) is 0.739. The van der Waals surface area contributed by atoms with Crippen LogP contribution in [-0.4, -0.2) is 38.0 Å². The van der Waals surface area contributed by atoms with Crippen LogP contribution in [0.1, 0.15) is 5.76 Å². The van der Waals surface area contributed by atoms with Gasteiger partial charge in [-0.2, -0.15) is 0 Å². The average molecular weight is 197 g/mol. The summed E-state index contributed by atoms with van der Waals surface area (Å²) in [5.74, 6) is 1.76. The summed E-state index contributed by atoms with van der Waals surface area (Å²) in [7, 11) is 0. The third-order valence-corrected chi connectivity index (χ3v) is 2.27. The summed E-state index contributed by atoms with van der Waals surface area (Å²) in [5, 5.41) is 4.00. The molecule has 0 saturated carbocycles. The zero-order valence-electron chi connectivity index (χ0n) is 8.11. The SMILES string of the molecule is NCCc1cc(N2CCOCC2)no1. The molecule has 0 atom stereocenters. The van der Waals surface area contributed by atoms with Gasteiger partial charge in [0.2, 0.25) is 0 Å². The van der Waals surface area contributed by atoms with E-state index in [1.807, 2.05) is 6.07 Å². The van der Waals surface area contributed by atoms with Crippen molar-refractivity contribution in [1.82, 2.24) is 5.16 Å². The standard InChI is InChI=1S/C9H15N3O2/c10-2-1-8-7-9(11-14-8)12-3-5-13-6-4-12/h7H,1-6,10H2. The zero-order valence-corrected chi connectivity index (χ0v) is 8.11. The van der Waals surface area contributed by atoms with E-state index < -0.39 is 0 Å². The topological polar surface area (TPSA) is 64.5 Å². The van der Waals surface area contributed by atoms with Crippen LogP contribution in [-0.2, 0) is 11.2 Å². The lowest BCUT2D eigenvalue weighted by molar-refractivity contribution is 0.122. The Kier molecular flexibility index (Phi) is 3.00. The van der Waals surface area contributed by atoms with E-state index in [1.54, 1.807) is 0 Å². The van der Waals surface area contributed by atoms with Gasteiger partial charge >= 0.3 is 0 Å². The molecule has 2 heterocycles. The fourth-order valence-electron chi connectivity index (χ4n) is 1.50. The van der Waals surface area contributed by atoms with Crippen LogP contribution in [0.2, 0.25) is 0 Å². The molecular weight excluding hydrogens is 182 g/mol. The van der Waals surface area contributed by atoms with Crippen molar-refractivity contribution in [3.05, 3.63) is 11.8 Å². The predicted octanol–water partition coefficient (Wildman–Crippen LogP) is 0.0124. The lowest BCUT2D eigenvalue weighted by Crippen LogP contribution is -2.36. The maximum atomic E-state index is 5.43. The first-order valence-electron chi connectivity index (χ1n) is 4.88. The lowest BCUT2D eigenvalue weighted by Gasteiger charge is -2.25. The zero-order chi connectivity index (χ0) is 9.80. The number of aromatic nitrogens is 1. The molecule has 0 bridgehead atoms. The molecule has 0 unspecified atom stereocenters. The summed E-state index contributed by atoms with van der Waals surface area (Å²) in [5.41, 5.74) is 5.43. The van der Waals surface area contributed by atoms with E-state index >= 15 is 0 Å². The molecule has 1 saturated heterocycles. The summed E-state index contributed by atoms with van der Waals surface area (Å²) < 4.78 is 10.4. The molecular formula is C9H15N3O2. The second-order valence-electron chi connectivity index (χ2n) is 3.29. The molecule has 1 aliphatic heterocycles. The van der Waals surface area contributed by atoms with Gasteiger partial charge < -0.3 is 19.9 Å². The smallest absolute Gasteiger partial charge is 0.172 e. The van der Waals surface area contributed by atoms with Crippen molar-refractivity contribution in [2.45, 2.75) is 6.42 Å². The Bertz CT molecular complexity index is 281. The van der Waals surface area contributed by atoms with E-state index in [-0.39, 0.29) is 0 Å². The fraction of sp³-hybridized carbons (Fsp3) is 0.667. The Labute approximate surface area is 82.8 Å². The molecule has 0 aromatic carbocycles. The van der Waals surface area contributed by atoms with Gasteiger partial charge in [0.1, 0.15) is 5.76 Å². The van der Waals surface area contributed by atoms with Crippen LogP contribution in [0.4, 0.5) is 5.82 Å². The molecule has 0 spiro atoms. The maximum absolute atomic E-state index is 5.43. The summed E-state index contributed by atoms with van der Waals surface area (Å²) in [6.45, 7) is 3.89. The number of nitrogens with zero attached hydrogens (tertiary/aromatic N) is 2. The van der Waals surface area contributed by atoms with Crippen LogP contribution in [0.15, 0.2) is 10.6 Å². The molecule has 14 heavy (non-hydrogen) atoms. The first kappa shape index (κ1) is 9.48. The number of morpholine rings is 1. The minimum Gasteiger partial charge on any atom is -0.378 e. The van der Waals surface area contributed by atoms with Gasteiger partial charge in [0.15, 0.2) is 5.82 Å². The third kappa shape index (κ3) is 2.05. The van der Waals surface area contributed by atoms with Gasteiger partial charge in [0, 0.05) is 25.6 Å². The molecule has 1 aromatic heterocycles. The molecule has 1 fully saturated rings. The van der Waals surface area contributed by atoms with Gasteiger partial charge in [0.05, 0.1) is 13.2 Å². The lowest BCUT2D eigenvalue weighted by atomic mass is 10.3. The van der Waals surface area contributed by atoms with E-state index in [1.165, 1.54) is 0 Å². The highest BCUT2D eigenvalue weighted by atomic mass is 16.5. The minimum absolute atomic E-state index is 0.595. The Morgan fingerprint density at radius 3 is 2.93 bits per heavy atom. The normalized spacial score (nSPS) is 17.4. The predicted molar refractivity (Wildman–Crippen MR) is 52.3 cm³/mol. The van der Waals surface area contributed by atoms with E-state index in [4.69, 9.17) is 15.0 Å². The number of rotatable bonds is 3. The van der Waals surface area contributed by atoms with Crippen molar-refractivity contribution in [2.75, 3.05) is 37.7 Å². The number of nitrogens with two attached hydrogens (primary N) is 1. The molecule has 78 valence electrons. The molecule has 5 heteroatoms. The Morgan fingerprint density at radius 2 is 2.21 bits per heavy atom. The van der Waals surface area contributed by atoms with Crippen LogP contribution in [0, 0.1) is 0 Å². The number of anilines is 1. The van der Waals surface area contributed by atoms with Gasteiger partial charge in [0.25, 0.3) is 0 Å². The number of hydrogen-bond acceptors (Lipinski definition) is 5. The summed E-state index contributed by atoms with van der Waals surface area (Å²) in [4.78, 5) is 2.16. The maximum Gasteiger partial charge on any atom is 0.172 e. The minimum atomic E-state index is 0.595. The highest BCUT2D eigenvalue weighted by molar-refractivity contribution is 5.38. The van der Waals surface area contributed by atoms with Crippen LogP contribution < -0.4 is 10.6 Å². The van der Waals surface area contributed by atoms with Crippen molar-refractivity contribution < 1.29 is 9.26 Å². The van der Waals surface area contributed by atoms with Gasteiger partial charge in [-0.1, -0.05) is 5.16 Å². The number of hydrogen-bond donors (Lipinski definition) is 1. The van der Waals surface area contributed by atoms with Crippen molar-refractivity contribution >= 4 is 5.82 Å². The summed E-state index contributed by atoms with van der Waals surface area (Å²) in [6, 6.07) is 1.96. The first-order chi connectivity index (χ1) is 6.90. The molecule has 0 radical (unpaired) electrons. The molecule has 0 amide bonds. The van der Waals surface area contributed by atoms with E-state index in [2.05, 4.69) is 10.1 Å². The van der Waals surface area contributed by atoms with E-state index in [9.17, 15) is 0 Å². The van der Waals surface area contributed by atoms with Gasteiger partial charge in [-0.25, -0.2) is 0 Å². The van der Waals surface area contributed by atoms with Crippen LogP contribution >= 0.6 is 0 Å². The van der Waals surface area contributed by atoms with Gasteiger partial charge in [-0.15, -0.1) is 0 Å². The highest BCUT2D eigenvalue weighted by Gasteiger charge is 2.14. The van der Waals surface area contributed by atoms with Crippen molar-refractivity contribution in [2.24, 2.45) is 5.73 Å². The number of ether oxygens (including phenoxy) is 1. The van der Waals surface area contributed by atoms with E-state index in [0.717, 1.165) is 44.3 Å². The van der Waals surface area contributed by atoms with Crippen molar-refractivity contribution in [1.29, 1.82) is 0 Å². The van der Waals surface area contributed by atoms with Crippen LogP contribution in [0.3, 0.4) is 0 Å². The first-order valence-corrected chi connectivity index (χ1v) is 4.88. The van der Waals surface area contributed by atoms with Gasteiger partial charge in [-0.05, 0) is 6.54 Å². The molecule has 1 aliphatic rings. The third-order valence-electron chi connectivity index (χ3n) is 2.27. The van der Waals surface area contributed by atoms with Crippen molar-refractivity contribution in [3.8, 4) is 0 Å². The fourth-order valence-corrected chi connectivity index (χ4v) is 1.50. The van der Waals surface area contributed by atoms with Gasteiger partial charge in [-0.3, -0.25) is 0 Å². The molecule has 1 aromatic rings. The monoisotopic (exact) mass is 197 g/mol. The van der Waals surface area contributed by atoms with Crippen molar-refractivity contribution in [3.63, 3.8) is 0 Å². The molecule has 5 nitrogen and oxygen atoms in total. The molecule has 0 aliphatic carbocycles. The Balaban J connectivity index is 2.00. The Morgan fingerprint density at radius 1 is 1.43 bits per heavy atom. The van der Waals surface area contributed by atoms with Crippen LogP contribution in [0.25, 0.3) is 0 Å². The average Bonchev–Trinajstić information content (AvgIpc) is 2.68. The summed E-state index contributed by atoms with van der Waals surface area (Å²) in [6.07, 6.45) is 0.747. The Hall–Kier alpha value is -1.07. The summed E-state index contributed by atoms with van der Waals surface area (Å²) >= 11 is 0.